The molecule has 1 atom stereocenters. The summed E-state index contributed by atoms with van der Waals surface area (Å²) in [5.41, 5.74) is 11.3. The van der Waals surface area contributed by atoms with Crippen molar-refractivity contribution in [3.63, 3.8) is 0 Å². The van der Waals surface area contributed by atoms with Crippen molar-refractivity contribution in [2.45, 2.75) is 65.7 Å². The molecule has 6 aromatic rings. The van der Waals surface area contributed by atoms with Gasteiger partial charge < -0.3 is 24.1 Å². The standard InChI is InChI=1S/C42H40N4O4.C2H6/c1-27-8-17-37-38(21-27)46(25-35-18-20-48-35)40(44-37)24-33-15-14-32-23-39(33)49-19-4-5-30-22-31(28-9-11-29(12-10-28)42(47)43-2)13-16-34(30)26-50-41-7-3-6-36(32)45-41;1-2/h3,6-17,21-23,35H,4-5,18-20,24-26H2,1-2H3,(H,43,47);1-2H3. The van der Waals surface area contributed by atoms with Crippen molar-refractivity contribution < 1.29 is 19.0 Å². The molecule has 2 aliphatic rings. The van der Waals surface area contributed by atoms with Crippen molar-refractivity contribution >= 4 is 16.9 Å². The number of aromatic nitrogens is 3. The van der Waals surface area contributed by atoms with Crippen molar-refractivity contribution in [2.75, 3.05) is 20.3 Å². The summed E-state index contributed by atoms with van der Waals surface area (Å²) >= 11 is 0. The van der Waals surface area contributed by atoms with Crippen LogP contribution in [-0.4, -0.2) is 46.8 Å². The number of carbonyl (C=O) groups excluding carboxylic acids is 1. The van der Waals surface area contributed by atoms with Crippen LogP contribution in [0.5, 0.6) is 11.6 Å². The Kier molecular flexibility index (Phi) is 10.6. The molecule has 4 bridgehead atoms. The molecule has 0 spiro atoms. The molecule has 1 fully saturated rings. The molecule has 2 aromatic heterocycles. The molecular formula is C44H46N4O4. The largest absolute Gasteiger partial charge is 0.493 e. The minimum Gasteiger partial charge on any atom is -0.493 e. The van der Waals surface area contributed by atoms with Gasteiger partial charge in [0.15, 0.2) is 0 Å². The molecule has 1 amide bonds. The van der Waals surface area contributed by atoms with Gasteiger partial charge in [0.05, 0.1) is 36.0 Å². The highest BCUT2D eigenvalue weighted by Crippen LogP contribution is 2.32. The zero-order valence-corrected chi connectivity index (χ0v) is 30.4. The Morgan fingerprint density at radius 2 is 1.65 bits per heavy atom. The summed E-state index contributed by atoms with van der Waals surface area (Å²) in [5.74, 6) is 2.33. The highest BCUT2D eigenvalue weighted by atomic mass is 16.5. The zero-order valence-electron chi connectivity index (χ0n) is 30.4. The van der Waals surface area contributed by atoms with E-state index in [-0.39, 0.29) is 12.0 Å². The predicted octanol–water partition coefficient (Wildman–Crippen LogP) is 8.74. The number of hydrogen-bond acceptors (Lipinski definition) is 6. The van der Waals surface area contributed by atoms with E-state index in [0.29, 0.717) is 31.1 Å². The van der Waals surface area contributed by atoms with Gasteiger partial charge in [0.2, 0.25) is 5.88 Å². The average molecular weight is 695 g/mol. The maximum absolute atomic E-state index is 12.1. The molecule has 1 N–H and O–H groups in total. The van der Waals surface area contributed by atoms with E-state index in [1.54, 1.807) is 7.05 Å². The number of aryl methyl sites for hydroxylation is 2. The molecule has 2 aliphatic heterocycles. The Hall–Kier alpha value is -5.47. The van der Waals surface area contributed by atoms with Gasteiger partial charge >= 0.3 is 0 Å². The highest BCUT2D eigenvalue weighted by Gasteiger charge is 2.23. The molecule has 0 radical (unpaired) electrons. The fourth-order valence-corrected chi connectivity index (χ4v) is 6.81. The summed E-state index contributed by atoms with van der Waals surface area (Å²) < 4.78 is 21.1. The predicted molar refractivity (Wildman–Crippen MR) is 206 cm³/mol. The zero-order chi connectivity index (χ0) is 36.0. The first-order chi connectivity index (χ1) is 25.5. The molecule has 8 rings (SSSR count). The molecule has 52 heavy (non-hydrogen) atoms. The number of nitrogens with one attached hydrogen (secondary N) is 1. The number of imidazole rings is 1. The van der Waals surface area contributed by atoms with E-state index in [1.165, 1.54) is 11.1 Å². The van der Waals surface area contributed by atoms with E-state index in [2.05, 4.69) is 71.4 Å². The molecule has 1 unspecified atom stereocenters. The number of ether oxygens (including phenoxy) is 3. The first kappa shape index (κ1) is 35.0. The van der Waals surface area contributed by atoms with E-state index < -0.39 is 0 Å². The van der Waals surface area contributed by atoms with Gasteiger partial charge in [0.1, 0.15) is 18.2 Å². The van der Waals surface area contributed by atoms with Gasteiger partial charge in [-0.15, -0.1) is 0 Å². The third kappa shape index (κ3) is 7.58. The lowest BCUT2D eigenvalue weighted by Gasteiger charge is -2.27. The molecule has 8 nitrogen and oxygen atoms in total. The highest BCUT2D eigenvalue weighted by molar-refractivity contribution is 5.94. The van der Waals surface area contributed by atoms with Crippen LogP contribution in [0.15, 0.2) is 97.1 Å². The van der Waals surface area contributed by atoms with E-state index in [4.69, 9.17) is 24.2 Å². The summed E-state index contributed by atoms with van der Waals surface area (Å²) in [4.78, 5) is 22.1. The van der Waals surface area contributed by atoms with E-state index >= 15 is 0 Å². The van der Waals surface area contributed by atoms with E-state index in [9.17, 15) is 4.79 Å². The second-order valence-corrected chi connectivity index (χ2v) is 13.2. The lowest BCUT2D eigenvalue weighted by atomic mass is 9.96. The van der Waals surface area contributed by atoms with Crippen molar-refractivity contribution in [3.05, 3.63) is 131 Å². The summed E-state index contributed by atoms with van der Waals surface area (Å²) in [6.45, 7) is 8.71. The quantitative estimate of drug-likeness (QED) is 0.188. The van der Waals surface area contributed by atoms with Crippen molar-refractivity contribution in [2.24, 2.45) is 0 Å². The van der Waals surface area contributed by atoms with Crippen LogP contribution < -0.4 is 14.8 Å². The molecule has 0 saturated carbocycles. The van der Waals surface area contributed by atoms with Crippen LogP contribution in [0.25, 0.3) is 33.4 Å². The summed E-state index contributed by atoms with van der Waals surface area (Å²) in [6.07, 6.45) is 3.57. The summed E-state index contributed by atoms with van der Waals surface area (Å²) in [5, 5.41) is 2.69. The number of pyridine rings is 1. The first-order valence-corrected chi connectivity index (χ1v) is 18.4. The van der Waals surface area contributed by atoms with Gasteiger partial charge in [-0.3, -0.25) is 4.79 Å². The normalized spacial score (nSPS) is 15.1. The fourth-order valence-electron chi connectivity index (χ4n) is 6.81. The van der Waals surface area contributed by atoms with Crippen molar-refractivity contribution in [1.29, 1.82) is 0 Å². The summed E-state index contributed by atoms with van der Waals surface area (Å²) in [6, 6.07) is 32.9. The molecule has 4 aromatic carbocycles. The number of nitrogens with zero attached hydrogens (tertiary/aromatic N) is 3. The maximum atomic E-state index is 12.1. The minimum absolute atomic E-state index is 0.0960. The fraction of sp³-hybridized carbons (Fsp3) is 0.295. The van der Waals surface area contributed by atoms with Crippen molar-refractivity contribution in [3.8, 4) is 34.0 Å². The molecule has 4 heterocycles. The topological polar surface area (TPSA) is 87.5 Å². The number of benzene rings is 4. The van der Waals surface area contributed by atoms with Gasteiger partial charge in [-0.2, -0.15) is 0 Å². The van der Waals surface area contributed by atoms with Crippen LogP contribution in [0, 0.1) is 6.92 Å². The number of amides is 1. The number of rotatable bonds is 6. The maximum Gasteiger partial charge on any atom is 0.251 e. The molecule has 0 aliphatic carbocycles. The van der Waals surface area contributed by atoms with Gasteiger partial charge in [-0.1, -0.05) is 68.4 Å². The third-order valence-corrected chi connectivity index (χ3v) is 9.73. The minimum atomic E-state index is -0.0960. The van der Waals surface area contributed by atoms with Gasteiger partial charge in [0.25, 0.3) is 5.91 Å². The lowest BCUT2D eigenvalue weighted by molar-refractivity contribution is -0.0589. The third-order valence-electron chi connectivity index (χ3n) is 9.73. The molecular weight excluding hydrogens is 649 g/mol. The molecule has 266 valence electrons. The number of carbonyl (C=O) groups is 1. The average Bonchev–Trinajstić information content (AvgIpc) is 3.50. The van der Waals surface area contributed by atoms with Gasteiger partial charge in [0, 0.05) is 42.8 Å². The van der Waals surface area contributed by atoms with Crippen LogP contribution in [0.4, 0.5) is 0 Å². The Balaban J connectivity index is 0.00000207. The number of hydrogen-bond donors (Lipinski definition) is 1. The Morgan fingerprint density at radius 1 is 0.846 bits per heavy atom. The van der Waals surface area contributed by atoms with Gasteiger partial charge in [-0.05, 0) is 90.4 Å². The Morgan fingerprint density at radius 3 is 2.44 bits per heavy atom. The number of fused-ring (bicyclic) bond motifs is 7. The van der Waals surface area contributed by atoms with Gasteiger partial charge in [-0.25, -0.2) is 9.97 Å². The lowest BCUT2D eigenvalue weighted by Crippen LogP contribution is -2.31. The smallest absolute Gasteiger partial charge is 0.251 e. The monoisotopic (exact) mass is 694 g/mol. The Bertz CT molecular complexity index is 2190. The van der Waals surface area contributed by atoms with Crippen LogP contribution >= 0.6 is 0 Å². The summed E-state index contributed by atoms with van der Waals surface area (Å²) in [7, 11) is 1.64. The first-order valence-electron chi connectivity index (χ1n) is 18.4. The van der Waals surface area contributed by atoms with E-state index in [1.807, 2.05) is 56.3 Å². The van der Waals surface area contributed by atoms with Crippen molar-refractivity contribution in [1.82, 2.24) is 19.9 Å². The molecule has 8 heteroatoms. The van der Waals surface area contributed by atoms with Crippen LogP contribution in [0.1, 0.15) is 65.1 Å². The SMILES string of the molecule is CC.CNC(=O)c1ccc(-c2ccc3c(c2)CCCOc2cc(ccc2Cc2nc4ccc(C)cc4n2CC2CCO2)-c2cccc(n2)OC3)cc1. The second kappa shape index (κ2) is 15.8. The van der Waals surface area contributed by atoms with Crippen LogP contribution in [0.3, 0.4) is 0 Å². The van der Waals surface area contributed by atoms with Crippen LogP contribution in [-0.2, 0) is 30.7 Å². The second-order valence-electron chi connectivity index (χ2n) is 13.2. The van der Waals surface area contributed by atoms with E-state index in [0.717, 1.165) is 88.5 Å². The molecule has 1 saturated heterocycles. The Labute approximate surface area is 305 Å². The van der Waals surface area contributed by atoms with Crippen LogP contribution in [0.2, 0.25) is 0 Å².